The van der Waals surface area contributed by atoms with Crippen molar-refractivity contribution in [3.63, 3.8) is 0 Å². The molecule has 0 saturated carbocycles. The molecule has 0 bridgehead atoms. The van der Waals surface area contributed by atoms with Crippen molar-refractivity contribution in [2.24, 2.45) is 4.99 Å². The van der Waals surface area contributed by atoms with Crippen molar-refractivity contribution in [3.8, 4) is 17.2 Å². The zero-order chi connectivity index (χ0) is 30.8. The van der Waals surface area contributed by atoms with E-state index in [0.717, 1.165) is 16.7 Å². The molecule has 0 spiro atoms. The van der Waals surface area contributed by atoms with Gasteiger partial charge >= 0.3 is 5.97 Å². The van der Waals surface area contributed by atoms with Crippen LogP contribution < -0.4 is 34.4 Å². The Morgan fingerprint density at radius 3 is 2.35 bits per heavy atom. The highest BCUT2D eigenvalue weighted by Crippen LogP contribution is 2.32. The third-order valence-electron chi connectivity index (χ3n) is 7.07. The Morgan fingerprint density at radius 2 is 1.70 bits per heavy atom. The standard InChI is InChI=1S/C33H31N3O6S/c1-18-7-13-25(19(2)15-18)35-31(38)29-20(3)34-33-36(30(29)23-9-11-24(40-5)12-10-23)32(39)28(43-33)17-22-8-14-26(42-21(4)37)27(16-22)41-6/h7-17,30H,1-6H3,(H,35,38)/b28-17+/t30-/m0/s1. The number of methoxy groups -OCH3 is 2. The summed E-state index contributed by atoms with van der Waals surface area (Å²) in [4.78, 5) is 44.6. The maximum absolute atomic E-state index is 14.0. The Balaban J connectivity index is 1.63. The number of nitrogens with zero attached hydrogens (tertiary/aromatic N) is 2. The molecular formula is C33H31N3O6S. The molecule has 1 aromatic heterocycles. The molecule has 0 aliphatic carbocycles. The number of nitrogens with one attached hydrogen (secondary N) is 1. The summed E-state index contributed by atoms with van der Waals surface area (Å²) in [5.41, 5.74) is 4.71. The number of aryl methyl sites for hydroxylation is 2. The van der Waals surface area contributed by atoms with E-state index in [0.29, 0.717) is 43.4 Å². The summed E-state index contributed by atoms with van der Waals surface area (Å²) >= 11 is 1.23. The van der Waals surface area contributed by atoms with E-state index in [9.17, 15) is 14.4 Å². The quantitative estimate of drug-likeness (QED) is 0.250. The molecule has 10 heteroatoms. The molecule has 5 rings (SSSR count). The highest BCUT2D eigenvalue weighted by atomic mass is 32.1. The fraction of sp³-hybridized carbons (Fsp3) is 0.212. The predicted molar refractivity (Wildman–Crippen MR) is 166 cm³/mol. The van der Waals surface area contributed by atoms with Gasteiger partial charge in [0.2, 0.25) is 0 Å². The average Bonchev–Trinajstić information content (AvgIpc) is 3.28. The van der Waals surface area contributed by atoms with E-state index < -0.39 is 12.0 Å². The molecule has 0 fully saturated rings. The fourth-order valence-electron chi connectivity index (χ4n) is 5.02. The topological polar surface area (TPSA) is 108 Å². The number of carbonyl (C=O) groups excluding carboxylic acids is 2. The van der Waals surface area contributed by atoms with Crippen LogP contribution in [-0.4, -0.2) is 30.7 Å². The smallest absolute Gasteiger partial charge is 0.308 e. The van der Waals surface area contributed by atoms with E-state index in [4.69, 9.17) is 19.2 Å². The van der Waals surface area contributed by atoms with Gasteiger partial charge in [-0.1, -0.05) is 47.2 Å². The molecule has 0 radical (unpaired) electrons. The second-order valence-electron chi connectivity index (χ2n) is 10.1. The zero-order valence-electron chi connectivity index (χ0n) is 24.7. The molecule has 1 atom stereocenters. The van der Waals surface area contributed by atoms with Crippen LogP contribution in [0.15, 0.2) is 81.7 Å². The largest absolute Gasteiger partial charge is 0.497 e. The van der Waals surface area contributed by atoms with Gasteiger partial charge in [-0.05, 0) is 73.9 Å². The number of esters is 1. The number of rotatable bonds is 7. The maximum atomic E-state index is 14.0. The van der Waals surface area contributed by atoms with Gasteiger partial charge in [0.25, 0.3) is 11.5 Å². The van der Waals surface area contributed by atoms with E-state index in [-0.39, 0.29) is 17.2 Å². The summed E-state index contributed by atoms with van der Waals surface area (Å²) in [5, 5.41) is 3.04. The van der Waals surface area contributed by atoms with Gasteiger partial charge in [0, 0.05) is 12.6 Å². The van der Waals surface area contributed by atoms with Crippen LogP contribution in [0.2, 0.25) is 0 Å². The summed E-state index contributed by atoms with van der Waals surface area (Å²) in [6.07, 6.45) is 1.73. The molecule has 1 aliphatic rings. The monoisotopic (exact) mass is 597 g/mol. The van der Waals surface area contributed by atoms with Crippen molar-refractivity contribution in [1.29, 1.82) is 0 Å². The molecule has 220 valence electrons. The van der Waals surface area contributed by atoms with E-state index in [1.54, 1.807) is 55.0 Å². The van der Waals surface area contributed by atoms with Gasteiger partial charge in [0.05, 0.1) is 36.1 Å². The number of ether oxygens (including phenoxy) is 3. The van der Waals surface area contributed by atoms with Crippen LogP contribution in [0, 0.1) is 13.8 Å². The molecule has 9 nitrogen and oxygen atoms in total. The lowest BCUT2D eigenvalue weighted by Gasteiger charge is -2.25. The number of thiazole rings is 1. The molecule has 0 unspecified atom stereocenters. The van der Waals surface area contributed by atoms with Crippen molar-refractivity contribution in [2.45, 2.75) is 33.7 Å². The number of hydrogen-bond acceptors (Lipinski definition) is 8. The van der Waals surface area contributed by atoms with Crippen LogP contribution in [-0.2, 0) is 9.59 Å². The van der Waals surface area contributed by atoms with Crippen LogP contribution in [0.4, 0.5) is 5.69 Å². The molecule has 43 heavy (non-hydrogen) atoms. The minimum Gasteiger partial charge on any atom is -0.497 e. The van der Waals surface area contributed by atoms with Gasteiger partial charge in [0.1, 0.15) is 5.75 Å². The van der Waals surface area contributed by atoms with Crippen LogP contribution in [0.1, 0.15) is 42.1 Å². The highest BCUT2D eigenvalue weighted by molar-refractivity contribution is 7.07. The first kappa shape index (κ1) is 29.5. The molecule has 3 aromatic carbocycles. The van der Waals surface area contributed by atoms with Crippen molar-refractivity contribution < 1.29 is 23.8 Å². The van der Waals surface area contributed by atoms with Crippen LogP contribution in [0.25, 0.3) is 6.08 Å². The summed E-state index contributed by atoms with van der Waals surface area (Å²) < 4.78 is 17.9. The minimum atomic E-state index is -0.726. The average molecular weight is 598 g/mol. The van der Waals surface area contributed by atoms with Gasteiger partial charge in [-0.15, -0.1) is 0 Å². The normalized spacial score (nSPS) is 14.6. The number of carbonyl (C=O) groups is 2. The number of aromatic nitrogens is 1. The Labute approximate surface area is 252 Å². The fourth-order valence-corrected chi connectivity index (χ4v) is 6.07. The number of amides is 1. The molecule has 1 aliphatic heterocycles. The van der Waals surface area contributed by atoms with Crippen molar-refractivity contribution in [2.75, 3.05) is 19.5 Å². The SMILES string of the molecule is COc1ccc([C@H]2C(C(=O)Nc3ccc(C)cc3C)=C(C)N=c3s/c(=C/c4ccc(OC(C)=O)c(OC)c4)c(=O)n32)cc1. The van der Waals surface area contributed by atoms with Gasteiger partial charge in [-0.25, -0.2) is 4.99 Å². The molecule has 1 N–H and O–H groups in total. The second-order valence-corrected chi connectivity index (χ2v) is 11.1. The van der Waals surface area contributed by atoms with Crippen molar-refractivity contribution in [3.05, 3.63) is 114 Å². The van der Waals surface area contributed by atoms with Gasteiger partial charge in [-0.3, -0.25) is 19.0 Å². The van der Waals surface area contributed by atoms with Crippen LogP contribution >= 0.6 is 11.3 Å². The molecule has 4 aromatic rings. The van der Waals surface area contributed by atoms with Gasteiger partial charge in [-0.2, -0.15) is 0 Å². The van der Waals surface area contributed by atoms with Crippen LogP contribution in [0.5, 0.6) is 17.2 Å². The first-order valence-corrected chi connectivity index (χ1v) is 14.3. The van der Waals surface area contributed by atoms with Gasteiger partial charge < -0.3 is 19.5 Å². The molecule has 2 heterocycles. The first-order valence-electron chi connectivity index (χ1n) is 13.5. The number of benzene rings is 3. The lowest BCUT2D eigenvalue weighted by Crippen LogP contribution is -2.40. The van der Waals surface area contributed by atoms with E-state index >= 15 is 0 Å². The summed E-state index contributed by atoms with van der Waals surface area (Å²) in [7, 11) is 3.06. The molecule has 1 amide bonds. The van der Waals surface area contributed by atoms with E-state index in [1.807, 2.05) is 44.2 Å². The molecule has 0 saturated heterocycles. The van der Waals surface area contributed by atoms with Gasteiger partial charge in [0.15, 0.2) is 16.3 Å². The summed E-state index contributed by atoms with van der Waals surface area (Å²) in [6.45, 7) is 7.02. The Kier molecular flexibility index (Phi) is 8.31. The lowest BCUT2D eigenvalue weighted by atomic mass is 9.95. The Hall–Kier alpha value is -4.96. The number of allylic oxidation sites excluding steroid dienone is 1. The van der Waals surface area contributed by atoms with E-state index in [1.165, 1.54) is 25.4 Å². The Morgan fingerprint density at radius 1 is 0.953 bits per heavy atom. The third kappa shape index (κ3) is 6.00. The zero-order valence-corrected chi connectivity index (χ0v) is 25.5. The maximum Gasteiger partial charge on any atom is 0.308 e. The minimum absolute atomic E-state index is 0.281. The summed E-state index contributed by atoms with van der Waals surface area (Å²) in [5.74, 6) is 0.487. The summed E-state index contributed by atoms with van der Waals surface area (Å²) in [6, 6.07) is 17.4. The number of anilines is 1. The van der Waals surface area contributed by atoms with Crippen LogP contribution in [0.3, 0.4) is 0 Å². The first-order chi connectivity index (χ1) is 20.6. The Bertz CT molecular complexity index is 1950. The van der Waals surface area contributed by atoms with E-state index in [2.05, 4.69) is 5.32 Å². The van der Waals surface area contributed by atoms with Crippen molar-refractivity contribution >= 4 is 35.0 Å². The molecular weight excluding hydrogens is 566 g/mol. The predicted octanol–water partition coefficient (Wildman–Crippen LogP) is 4.43. The van der Waals surface area contributed by atoms with Crippen molar-refractivity contribution in [1.82, 2.24) is 4.57 Å². The number of fused-ring (bicyclic) bond motifs is 1. The second kappa shape index (κ2) is 12.1. The lowest BCUT2D eigenvalue weighted by molar-refractivity contribution is -0.132. The number of hydrogen-bond donors (Lipinski definition) is 1. The third-order valence-corrected chi connectivity index (χ3v) is 8.05. The highest BCUT2D eigenvalue weighted by Gasteiger charge is 2.32.